The van der Waals surface area contributed by atoms with Gasteiger partial charge >= 0.3 is 0 Å². The third-order valence-electron chi connectivity index (χ3n) is 14.4. The minimum absolute atomic E-state index is 0.905. The van der Waals surface area contributed by atoms with Gasteiger partial charge < -0.3 is 13.9 Å². The molecule has 332 valence electrons. The zero-order valence-corrected chi connectivity index (χ0v) is 38.7. The topological polar surface area (TPSA) is 21.3 Å². The first-order chi connectivity index (χ1) is 35.2. The lowest BCUT2D eigenvalue weighted by Gasteiger charge is -2.26. The standard InChI is InChI=1S/C68H44N2O/c1-3-17-57-48(12-1)14-10-21-58(57)50-28-26-45(27-29-50)46-30-37-53(38-31-46)69(55-41-34-51(35-42-55)60-22-11-23-63-64-43-36-49-13-2-4-18-59(49)68(64)71-67(60)63)54-39-32-47(33-40-54)52-15-9-16-56(44-52)70-65-24-7-5-19-61(65)62-20-6-8-25-66(62)70/h1-44H. The second kappa shape index (κ2) is 16.7. The quantitative estimate of drug-likeness (QED) is 0.151. The summed E-state index contributed by atoms with van der Waals surface area (Å²) in [6, 6.07) is 96.5. The smallest absolute Gasteiger partial charge is 0.143 e. The molecular formula is C68H44N2O. The highest BCUT2D eigenvalue weighted by Crippen LogP contribution is 2.42. The van der Waals surface area contributed by atoms with E-state index in [9.17, 15) is 0 Å². The summed E-state index contributed by atoms with van der Waals surface area (Å²) in [5.41, 5.74) is 17.9. The van der Waals surface area contributed by atoms with Crippen LogP contribution in [-0.2, 0) is 0 Å². The number of rotatable bonds is 8. The molecule has 0 bridgehead atoms. The van der Waals surface area contributed by atoms with Crippen molar-refractivity contribution in [2.45, 2.75) is 0 Å². The molecule has 0 spiro atoms. The molecule has 0 amide bonds. The Morgan fingerprint density at radius 3 is 1.37 bits per heavy atom. The normalized spacial score (nSPS) is 11.7. The Morgan fingerprint density at radius 2 is 0.704 bits per heavy atom. The number of fused-ring (bicyclic) bond motifs is 9. The molecule has 0 radical (unpaired) electrons. The van der Waals surface area contributed by atoms with Crippen LogP contribution in [0.4, 0.5) is 17.1 Å². The van der Waals surface area contributed by atoms with Crippen molar-refractivity contribution in [3.8, 4) is 50.2 Å². The highest BCUT2D eigenvalue weighted by Gasteiger charge is 2.18. The van der Waals surface area contributed by atoms with Crippen LogP contribution < -0.4 is 4.90 Å². The average Bonchev–Trinajstić information content (AvgIpc) is 4.00. The molecule has 0 unspecified atom stereocenters. The van der Waals surface area contributed by atoms with Gasteiger partial charge in [-0.3, -0.25) is 0 Å². The molecule has 0 aliphatic heterocycles. The van der Waals surface area contributed by atoms with Gasteiger partial charge in [0, 0.05) is 55.2 Å². The van der Waals surface area contributed by atoms with Crippen molar-refractivity contribution in [1.82, 2.24) is 4.57 Å². The van der Waals surface area contributed by atoms with E-state index in [2.05, 4.69) is 276 Å². The molecule has 0 aliphatic carbocycles. The number of anilines is 3. The summed E-state index contributed by atoms with van der Waals surface area (Å²) in [4.78, 5) is 2.35. The summed E-state index contributed by atoms with van der Waals surface area (Å²) in [6.45, 7) is 0. The van der Waals surface area contributed by atoms with Crippen LogP contribution in [0.5, 0.6) is 0 Å². The van der Waals surface area contributed by atoms with E-state index >= 15 is 0 Å². The number of hydrogen-bond acceptors (Lipinski definition) is 2. The molecule has 12 aromatic carbocycles. The van der Waals surface area contributed by atoms with Gasteiger partial charge in [-0.2, -0.15) is 0 Å². The van der Waals surface area contributed by atoms with Gasteiger partial charge in [0.05, 0.1) is 11.0 Å². The maximum atomic E-state index is 6.76. The molecule has 3 nitrogen and oxygen atoms in total. The van der Waals surface area contributed by atoms with E-state index in [1.807, 2.05) is 0 Å². The van der Waals surface area contributed by atoms with Crippen LogP contribution in [-0.4, -0.2) is 4.57 Å². The highest BCUT2D eigenvalue weighted by atomic mass is 16.3. The van der Waals surface area contributed by atoms with Crippen molar-refractivity contribution >= 4 is 82.4 Å². The Hall–Kier alpha value is -9.44. The summed E-state index contributed by atoms with van der Waals surface area (Å²) in [5, 5.41) is 9.59. The summed E-state index contributed by atoms with van der Waals surface area (Å²) in [7, 11) is 0. The van der Waals surface area contributed by atoms with E-state index in [1.54, 1.807) is 0 Å². The molecule has 0 fully saturated rings. The van der Waals surface area contributed by atoms with Crippen LogP contribution in [0, 0.1) is 0 Å². The first-order valence-electron chi connectivity index (χ1n) is 24.3. The Kier molecular flexibility index (Phi) is 9.53. The molecule has 0 N–H and O–H groups in total. The molecule has 71 heavy (non-hydrogen) atoms. The predicted octanol–water partition coefficient (Wildman–Crippen LogP) is 19.1. The molecule has 2 heterocycles. The van der Waals surface area contributed by atoms with E-state index in [0.717, 1.165) is 72.3 Å². The molecule has 0 saturated carbocycles. The van der Waals surface area contributed by atoms with E-state index < -0.39 is 0 Å². The fourth-order valence-corrected chi connectivity index (χ4v) is 10.9. The minimum atomic E-state index is 0.905. The second-order valence-corrected chi connectivity index (χ2v) is 18.4. The zero-order chi connectivity index (χ0) is 46.8. The van der Waals surface area contributed by atoms with Crippen molar-refractivity contribution in [3.05, 3.63) is 267 Å². The summed E-state index contributed by atoms with van der Waals surface area (Å²) in [6.07, 6.45) is 0. The monoisotopic (exact) mass is 904 g/mol. The van der Waals surface area contributed by atoms with E-state index in [4.69, 9.17) is 4.42 Å². The second-order valence-electron chi connectivity index (χ2n) is 18.4. The van der Waals surface area contributed by atoms with Gasteiger partial charge in [-0.25, -0.2) is 0 Å². The molecular weight excluding hydrogens is 861 g/mol. The molecule has 0 atom stereocenters. The lowest BCUT2D eigenvalue weighted by atomic mass is 9.96. The number of furan rings is 1. The summed E-state index contributed by atoms with van der Waals surface area (Å²) >= 11 is 0. The molecule has 2 aromatic heterocycles. The van der Waals surface area contributed by atoms with Crippen molar-refractivity contribution < 1.29 is 4.42 Å². The van der Waals surface area contributed by atoms with Crippen molar-refractivity contribution in [1.29, 1.82) is 0 Å². The predicted molar refractivity (Wildman–Crippen MR) is 299 cm³/mol. The number of para-hydroxylation sites is 3. The molecule has 0 saturated heterocycles. The number of nitrogens with zero attached hydrogens (tertiary/aromatic N) is 2. The number of hydrogen-bond donors (Lipinski definition) is 0. The van der Waals surface area contributed by atoms with Gasteiger partial charge in [-0.1, -0.05) is 200 Å². The van der Waals surface area contributed by atoms with Crippen LogP contribution in [0.3, 0.4) is 0 Å². The number of aromatic nitrogens is 1. The fraction of sp³-hybridized carbons (Fsp3) is 0. The largest absolute Gasteiger partial charge is 0.455 e. The summed E-state index contributed by atoms with van der Waals surface area (Å²) < 4.78 is 9.15. The zero-order valence-electron chi connectivity index (χ0n) is 38.7. The van der Waals surface area contributed by atoms with Gasteiger partial charge in [0.2, 0.25) is 0 Å². The first kappa shape index (κ1) is 40.6. The SMILES string of the molecule is c1cc(-c2ccc(N(c3ccc(-c4ccc(-c5cccc6ccccc56)cc4)cc3)c3ccc(-c4cccc5c4oc4c6ccccc6ccc54)cc3)cc2)cc(-n2c3ccccc3c3ccccc32)c1. The van der Waals surface area contributed by atoms with E-state index in [1.165, 1.54) is 60.2 Å². The van der Waals surface area contributed by atoms with Crippen molar-refractivity contribution in [2.24, 2.45) is 0 Å². The Balaban J connectivity index is 0.829. The lowest BCUT2D eigenvalue weighted by Crippen LogP contribution is -2.09. The lowest BCUT2D eigenvalue weighted by molar-refractivity contribution is 0.674. The molecule has 0 aliphatic rings. The van der Waals surface area contributed by atoms with Crippen molar-refractivity contribution in [2.75, 3.05) is 4.90 Å². The van der Waals surface area contributed by atoms with Gasteiger partial charge in [0.15, 0.2) is 0 Å². The maximum Gasteiger partial charge on any atom is 0.143 e. The number of benzene rings is 12. The van der Waals surface area contributed by atoms with Crippen LogP contribution in [0.2, 0.25) is 0 Å². The van der Waals surface area contributed by atoms with E-state index in [0.29, 0.717) is 0 Å². The van der Waals surface area contributed by atoms with Crippen LogP contribution in [0.1, 0.15) is 0 Å². The van der Waals surface area contributed by atoms with Gasteiger partial charge in [0.25, 0.3) is 0 Å². The third-order valence-corrected chi connectivity index (χ3v) is 14.4. The van der Waals surface area contributed by atoms with Crippen LogP contribution in [0.15, 0.2) is 271 Å². The average molecular weight is 905 g/mol. The molecule has 14 aromatic rings. The van der Waals surface area contributed by atoms with Gasteiger partial charge in [-0.05, 0) is 122 Å². The fourth-order valence-electron chi connectivity index (χ4n) is 10.9. The third kappa shape index (κ3) is 6.89. The minimum Gasteiger partial charge on any atom is -0.455 e. The maximum absolute atomic E-state index is 6.76. The van der Waals surface area contributed by atoms with Crippen LogP contribution in [0.25, 0.3) is 115 Å². The van der Waals surface area contributed by atoms with E-state index in [-0.39, 0.29) is 0 Å². The molecule has 14 rings (SSSR count). The van der Waals surface area contributed by atoms with Crippen molar-refractivity contribution in [3.63, 3.8) is 0 Å². The van der Waals surface area contributed by atoms with Crippen LogP contribution >= 0.6 is 0 Å². The van der Waals surface area contributed by atoms with Gasteiger partial charge in [-0.15, -0.1) is 0 Å². The Morgan fingerprint density at radius 1 is 0.268 bits per heavy atom. The van der Waals surface area contributed by atoms with Gasteiger partial charge in [0.1, 0.15) is 11.2 Å². The Bertz CT molecular complexity index is 4250. The highest BCUT2D eigenvalue weighted by molar-refractivity contribution is 6.17. The first-order valence-corrected chi connectivity index (χ1v) is 24.3. The molecule has 3 heteroatoms. The Labute approximate surface area is 411 Å². The summed E-state index contributed by atoms with van der Waals surface area (Å²) in [5.74, 6) is 0.